The van der Waals surface area contributed by atoms with Crippen molar-refractivity contribution in [1.82, 2.24) is 4.57 Å². The molecule has 0 unspecified atom stereocenters. The van der Waals surface area contributed by atoms with Crippen molar-refractivity contribution < 1.29 is 9.59 Å². The molecule has 120 valence electrons. The molecule has 0 aliphatic heterocycles. The van der Waals surface area contributed by atoms with Gasteiger partial charge in [0.05, 0.1) is 0 Å². The molecule has 0 saturated carbocycles. The Kier molecular flexibility index (Phi) is 3.28. The number of fused-ring (bicyclic) bond motifs is 2. The van der Waals surface area contributed by atoms with Crippen LogP contribution in [0.25, 0.3) is 21.5 Å². The Morgan fingerprint density at radius 1 is 0.920 bits per heavy atom. The van der Waals surface area contributed by atoms with Crippen LogP contribution in [0.3, 0.4) is 0 Å². The molecular formula is C20H11NO2SSe. The standard InChI is InChI=1S/C20H11NO2SSe/c22-19-14(20(23)16-11-24-10-15(16)19)9-13-5-6-18(25-13)21-8-7-12-3-1-2-4-17(12)21/h1-11H. The van der Waals surface area contributed by atoms with Gasteiger partial charge in [-0.3, -0.25) is 0 Å². The average Bonchev–Trinajstić information content (AvgIpc) is 3.38. The Balaban J connectivity index is 1.55. The van der Waals surface area contributed by atoms with E-state index in [4.69, 9.17) is 0 Å². The molecule has 5 rings (SSSR count). The third-order valence-electron chi connectivity index (χ3n) is 4.38. The summed E-state index contributed by atoms with van der Waals surface area (Å²) in [5.74, 6) is -0.282. The summed E-state index contributed by atoms with van der Waals surface area (Å²) in [6.45, 7) is 0. The van der Waals surface area contributed by atoms with E-state index in [1.807, 2.05) is 18.2 Å². The molecule has 3 nitrogen and oxygen atoms in total. The van der Waals surface area contributed by atoms with Crippen LogP contribution >= 0.6 is 11.3 Å². The van der Waals surface area contributed by atoms with Crippen LogP contribution < -0.4 is 0 Å². The Morgan fingerprint density at radius 3 is 2.48 bits per heavy atom. The number of allylic oxidation sites excluding steroid dienone is 1. The van der Waals surface area contributed by atoms with Crippen LogP contribution in [-0.4, -0.2) is 30.6 Å². The van der Waals surface area contributed by atoms with E-state index in [1.54, 1.807) is 16.8 Å². The van der Waals surface area contributed by atoms with E-state index in [0.717, 1.165) is 4.44 Å². The van der Waals surface area contributed by atoms with Gasteiger partial charge in [-0.15, -0.1) is 0 Å². The van der Waals surface area contributed by atoms with Crippen LogP contribution in [0.1, 0.15) is 25.2 Å². The van der Waals surface area contributed by atoms with Crippen molar-refractivity contribution in [2.24, 2.45) is 0 Å². The maximum absolute atomic E-state index is 12.4. The molecule has 0 spiro atoms. The molecule has 25 heavy (non-hydrogen) atoms. The summed E-state index contributed by atoms with van der Waals surface area (Å²) in [6, 6.07) is 14.5. The SMILES string of the molecule is O=C1C(=Cc2ccc(-n3ccc4ccccc43)[se]2)C(=O)c2cscc21. The van der Waals surface area contributed by atoms with Crippen LogP contribution in [0.4, 0.5) is 0 Å². The van der Waals surface area contributed by atoms with Crippen molar-refractivity contribution in [3.8, 4) is 4.56 Å². The van der Waals surface area contributed by atoms with E-state index in [1.165, 1.54) is 26.8 Å². The minimum atomic E-state index is -0.141. The monoisotopic (exact) mass is 409 g/mol. The number of hydrogen-bond donors (Lipinski definition) is 0. The van der Waals surface area contributed by atoms with E-state index in [-0.39, 0.29) is 26.1 Å². The topological polar surface area (TPSA) is 39.1 Å². The van der Waals surface area contributed by atoms with Gasteiger partial charge in [0.25, 0.3) is 0 Å². The first-order chi connectivity index (χ1) is 12.2. The van der Waals surface area contributed by atoms with E-state index < -0.39 is 0 Å². The summed E-state index contributed by atoms with van der Waals surface area (Å²) < 4.78 is 4.44. The first-order valence-electron chi connectivity index (χ1n) is 7.76. The normalized spacial score (nSPS) is 13.7. The molecule has 1 aliphatic carbocycles. The second-order valence-electron chi connectivity index (χ2n) is 5.84. The quantitative estimate of drug-likeness (QED) is 0.283. The number of para-hydroxylation sites is 1. The van der Waals surface area contributed by atoms with Crippen molar-refractivity contribution in [2.45, 2.75) is 0 Å². The van der Waals surface area contributed by atoms with Gasteiger partial charge in [-0.25, -0.2) is 0 Å². The van der Waals surface area contributed by atoms with Gasteiger partial charge < -0.3 is 0 Å². The molecule has 3 heterocycles. The first-order valence-corrected chi connectivity index (χ1v) is 10.4. The van der Waals surface area contributed by atoms with E-state index in [0.29, 0.717) is 16.7 Å². The van der Waals surface area contributed by atoms with Gasteiger partial charge in [-0.1, -0.05) is 0 Å². The van der Waals surface area contributed by atoms with Crippen LogP contribution in [0, 0.1) is 0 Å². The second-order valence-corrected chi connectivity index (χ2v) is 8.87. The van der Waals surface area contributed by atoms with Gasteiger partial charge in [0.2, 0.25) is 0 Å². The molecule has 3 aromatic heterocycles. The fraction of sp³-hybridized carbons (Fsp3) is 0. The predicted octanol–water partition coefficient (Wildman–Crippen LogP) is 4.21. The zero-order chi connectivity index (χ0) is 17.0. The van der Waals surface area contributed by atoms with Crippen LogP contribution in [0.5, 0.6) is 0 Å². The number of ketones is 2. The molecule has 1 aromatic carbocycles. The molecular weight excluding hydrogens is 397 g/mol. The number of Topliss-reactive ketones (excluding diaryl/α,β-unsaturated/α-hetero) is 2. The fourth-order valence-corrected chi connectivity index (χ4v) is 5.94. The maximum atomic E-state index is 12.4. The van der Waals surface area contributed by atoms with Crippen LogP contribution in [-0.2, 0) is 0 Å². The molecule has 5 heteroatoms. The molecule has 0 atom stereocenters. The molecule has 0 N–H and O–H groups in total. The average molecular weight is 408 g/mol. The van der Waals surface area contributed by atoms with Crippen molar-refractivity contribution in [3.05, 3.63) is 80.6 Å². The number of aromatic nitrogens is 1. The number of carbonyl (C=O) groups is 2. The zero-order valence-corrected chi connectivity index (χ0v) is 15.5. The number of benzene rings is 1. The molecule has 0 radical (unpaired) electrons. The molecule has 1 aliphatic rings. The number of hydrogen-bond acceptors (Lipinski definition) is 3. The van der Waals surface area contributed by atoms with Gasteiger partial charge in [0.1, 0.15) is 0 Å². The van der Waals surface area contributed by atoms with Crippen molar-refractivity contribution >= 4 is 54.4 Å². The van der Waals surface area contributed by atoms with Gasteiger partial charge in [0.15, 0.2) is 0 Å². The number of rotatable bonds is 2. The Labute approximate surface area is 153 Å². The third kappa shape index (κ3) is 2.24. The number of carbonyl (C=O) groups excluding carboxylic acids is 2. The summed E-state index contributed by atoms with van der Waals surface area (Å²) in [5, 5.41) is 4.73. The van der Waals surface area contributed by atoms with Crippen LogP contribution in [0.2, 0.25) is 0 Å². The summed E-state index contributed by atoms with van der Waals surface area (Å²) in [6.07, 6.45) is 3.86. The molecule has 4 aromatic rings. The summed E-state index contributed by atoms with van der Waals surface area (Å²) >= 11 is 1.46. The third-order valence-corrected chi connectivity index (χ3v) is 7.28. The van der Waals surface area contributed by atoms with E-state index in [2.05, 4.69) is 35.0 Å². The Morgan fingerprint density at radius 2 is 1.68 bits per heavy atom. The van der Waals surface area contributed by atoms with E-state index in [9.17, 15) is 9.59 Å². The van der Waals surface area contributed by atoms with Crippen LogP contribution in [0.15, 0.2) is 65.0 Å². The molecule has 0 fully saturated rings. The summed E-state index contributed by atoms with van der Waals surface area (Å²) in [4.78, 5) is 24.8. The molecule has 0 amide bonds. The van der Waals surface area contributed by atoms with Gasteiger partial charge in [-0.2, -0.15) is 0 Å². The summed E-state index contributed by atoms with van der Waals surface area (Å²) in [7, 11) is 0. The predicted molar refractivity (Wildman–Crippen MR) is 101 cm³/mol. The molecule has 0 saturated heterocycles. The minimum absolute atomic E-state index is 0.0601. The van der Waals surface area contributed by atoms with Crippen molar-refractivity contribution in [1.29, 1.82) is 0 Å². The van der Waals surface area contributed by atoms with Gasteiger partial charge >= 0.3 is 154 Å². The fourth-order valence-electron chi connectivity index (χ4n) is 3.14. The Hall–Kier alpha value is -2.46. The molecule has 0 bridgehead atoms. The summed E-state index contributed by atoms with van der Waals surface area (Å²) in [5.41, 5.74) is 2.58. The second kappa shape index (κ2) is 5.53. The van der Waals surface area contributed by atoms with E-state index >= 15 is 0 Å². The first kappa shape index (κ1) is 14.8. The number of nitrogens with zero attached hydrogens (tertiary/aromatic N) is 1. The number of thiophene rings is 1. The van der Waals surface area contributed by atoms with Crippen molar-refractivity contribution in [2.75, 3.05) is 0 Å². The van der Waals surface area contributed by atoms with Gasteiger partial charge in [0, 0.05) is 0 Å². The Bertz CT molecular complexity index is 1160. The van der Waals surface area contributed by atoms with Gasteiger partial charge in [-0.05, 0) is 0 Å². The zero-order valence-electron chi connectivity index (χ0n) is 12.9. The van der Waals surface area contributed by atoms with Crippen molar-refractivity contribution in [3.63, 3.8) is 0 Å².